The molecule has 1 aromatic carbocycles. The maximum absolute atomic E-state index is 12.3. The molecule has 0 bridgehead atoms. The summed E-state index contributed by atoms with van der Waals surface area (Å²) in [5.74, 6) is 0.637. The van der Waals surface area contributed by atoms with Crippen LogP contribution in [0.3, 0.4) is 0 Å². The number of thioether (sulfide) groups is 1. The van der Waals surface area contributed by atoms with E-state index in [0.717, 1.165) is 0 Å². The van der Waals surface area contributed by atoms with Crippen molar-refractivity contribution >= 4 is 22.8 Å². The van der Waals surface area contributed by atoms with Gasteiger partial charge in [-0.05, 0) is 25.1 Å². The summed E-state index contributed by atoms with van der Waals surface area (Å²) in [4.78, 5) is 11.6. The molecule has 0 atom stereocenters. The van der Waals surface area contributed by atoms with E-state index in [1.165, 1.54) is 24.0 Å². The van der Waals surface area contributed by atoms with E-state index in [0.29, 0.717) is 33.2 Å². The fourth-order valence-corrected chi connectivity index (χ4v) is 3.12. The van der Waals surface area contributed by atoms with Gasteiger partial charge in [0, 0.05) is 17.5 Å². The van der Waals surface area contributed by atoms with Crippen LogP contribution in [0.2, 0.25) is 0 Å². The number of nitrogens with one attached hydrogen (secondary N) is 1. The number of ether oxygens (including phenoxy) is 1. The van der Waals surface area contributed by atoms with Crippen molar-refractivity contribution in [1.82, 2.24) is 15.0 Å². The third-order valence-electron chi connectivity index (χ3n) is 3.47. The molecule has 0 aliphatic rings. The zero-order valence-electron chi connectivity index (χ0n) is 13.1. The van der Waals surface area contributed by atoms with Gasteiger partial charge in [-0.1, -0.05) is 17.8 Å². The minimum Gasteiger partial charge on any atom is -0.506 e. The quantitative estimate of drug-likeness (QED) is 0.660. The molecule has 2 aromatic heterocycles. The fourth-order valence-electron chi connectivity index (χ4n) is 2.22. The second-order valence-electron chi connectivity index (χ2n) is 5.29. The highest BCUT2D eigenvalue weighted by Crippen LogP contribution is 2.29. The number of pyridine rings is 1. The van der Waals surface area contributed by atoms with Crippen LogP contribution in [0.1, 0.15) is 11.3 Å². The second kappa shape index (κ2) is 6.83. The van der Waals surface area contributed by atoms with Gasteiger partial charge in [-0.3, -0.25) is 4.98 Å². The number of hydrogen-bond donors (Lipinski definition) is 2. The van der Waals surface area contributed by atoms with Crippen LogP contribution < -0.4 is 4.74 Å². The standard InChI is InChI=1S/C16H14F3N3O2S/c1-9-11(20-6-5-13(9)24-8-16(17,18)19)7-25-15-21-10-3-2-4-12(23)14(10)22-15/h2-6,23H,7-8H2,1H3,(H,21,22). The minimum absolute atomic E-state index is 0.0810. The van der Waals surface area contributed by atoms with Crippen LogP contribution in [-0.4, -0.2) is 32.8 Å². The number of aromatic amines is 1. The Hall–Kier alpha value is -2.42. The molecule has 0 saturated heterocycles. The number of phenols is 1. The van der Waals surface area contributed by atoms with Crippen molar-refractivity contribution in [3.05, 3.63) is 41.7 Å². The van der Waals surface area contributed by atoms with Gasteiger partial charge in [0.1, 0.15) is 17.0 Å². The number of alkyl halides is 3. The van der Waals surface area contributed by atoms with E-state index in [2.05, 4.69) is 15.0 Å². The van der Waals surface area contributed by atoms with Crippen LogP contribution in [0.4, 0.5) is 13.2 Å². The van der Waals surface area contributed by atoms with E-state index in [-0.39, 0.29) is 11.5 Å². The Morgan fingerprint density at radius 2 is 2.08 bits per heavy atom. The number of phenolic OH excluding ortho intramolecular Hbond substituents is 1. The molecule has 3 rings (SSSR count). The smallest absolute Gasteiger partial charge is 0.422 e. The lowest BCUT2D eigenvalue weighted by Gasteiger charge is -2.13. The highest BCUT2D eigenvalue weighted by Gasteiger charge is 2.28. The number of H-pyrrole nitrogens is 1. The SMILES string of the molecule is Cc1c(OCC(F)(F)F)ccnc1CSc1nc2c(O)cccc2[nH]1. The lowest BCUT2D eigenvalue weighted by molar-refractivity contribution is -0.153. The Morgan fingerprint density at radius 3 is 2.80 bits per heavy atom. The van der Waals surface area contributed by atoms with E-state index < -0.39 is 12.8 Å². The summed E-state index contributed by atoms with van der Waals surface area (Å²) < 4.78 is 41.7. The monoisotopic (exact) mass is 369 g/mol. The molecule has 9 heteroatoms. The third-order valence-corrected chi connectivity index (χ3v) is 4.35. The van der Waals surface area contributed by atoms with E-state index >= 15 is 0 Å². The van der Waals surface area contributed by atoms with Crippen LogP contribution >= 0.6 is 11.8 Å². The predicted molar refractivity (Wildman–Crippen MR) is 87.8 cm³/mol. The van der Waals surface area contributed by atoms with Crippen molar-refractivity contribution in [3.63, 3.8) is 0 Å². The summed E-state index contributed by atoms with van der Waals surface area (Å²) in [6, 6.07) is 6.46. The average molecular weight is 369 g/mol. The number of fused-ring (bicyclic) bond motifs is 1. The molecular formula is C16H14F3N3O2S. The average Bonchev–Trinajstić information content (AvgIpc) is 2.96. The molecule has 132 valence electrons. The van der Waals surface area contributed by atoms with Gasteiger partial charge >= 0.3 is 6.18 Å². The highest BCUT2D eigenvalue weighted by atomic mass is 32.2. The minimum atomic E-state index is -4.39. The number of aromatic hydroxyl groups is 1. The fraction of sp³-hybridized carbons (Fsp3) is 0.250. The number of nitrogens with zero attached hydrogens (tertiary/aromatic N) is 2. The van der Waals surface area contributed by atoms with Crippen LogP contribution in [0.25, 0.3) is 11.0 Å². The molecule has 5 nitrogen and oxygen atoms in total. The molecule has 25 heavy (non-hydrogen) atoms. The van der Waals surface area contributed by atoms with Gasteiger partial charge in [0.15, 0.2) is 11.8 Å². The van der Waals surface area contributed by atoms with Gasteiger partial charge in [0.2, 0.25) is 0 Å². The topological polar surface area (TPSA) is 71.0 Å². The van der Waals surface area contributed by atoms with Crippen LogP contribution in [0, 0.1) is 6.92 Å². The summed E-state index contributed by atoms with van der Waals surface area (Å²) >= 11 is 1.34. The zero-order valence-corrected chi connectivity index (χ0v) is 13.9. The molecule has 0 spiro atoms. The first kappa shape index (κ1) is 17.4. The molecule has 0 aliphatic carbocycles. The number of hydrogen-bond acceptors (Lipinski definition) is 5. The lowest BCUT2D eigenvalue weighted by atomic mass is 10.2. The Bertz CT molecular complexity index is 896. The number of benzene rings is 1. The maximum Gasteiger partial charge on any atom is 0.422 e. The number of rotatable bonds is 5. The van der Waals surface area contributed by atoms with Crippen molar-refractivity contribution in [2.45, 2.75) is 24.0 Å². The summed E-state index contributed by atoms with van der Waals surface area (Å²) in [7, 11) is 0. The second-order valence-corrected chi connectivity index (χ2v) is 6.25. The number of imidazole rings is 1. The van der Waals surface area contributed by atoms with Crippen molar-refractivity contribution in [2.75, 3.05) is 6.61 Å². The zero-order chi connectivity index (χ0) is 18.0. The molecule has 2 N–H and O–H groups in total. The molecule has 0 radical (unpaired) electrons. The Kier molecular flexibility index (Phi) is 4.76. The summed E-state index contributed by atoms with van der Waals surface area (Å²) in [5.41, 5.74) is 2.33. The predicted octanol–water partition coefficient (Wildman–Crippen LogP) is 4.21. The summed E-state index contributed by atoms with van der Waals surface area (Å²) in [5, 5.41) is 10.3. The number of aromatic nitrogens is 3. The van der Waals surface area contributed by atoms with Crippen molar-refractivity contribution in [3.8, 4) is 11.5 Å². The molecule has 2 heterocycles. The first-order chi connectivity index (χ1) is 11.8. The largest absolute Gasteiger partial charge is 0.506 e. The lowest BCUT2D eigenvalue weighted by Crippen LogP contribution is -2.19. The molecule has 0 unspecified atom stereocenters. The molecule has 0 amide bonds. The van der Waals surface area contributed by atoms with E-state index in [1.807, 2.05) is 0 Å². The van der Waals surface area contributed by atoms with Gasteiger partial charge in [0.25, 0.3) is 0 Å². The summed E-state index contributed by atoms with van der Waals surface area (Å²) in [6.07, 6.45) is -2.97. The van der Waals surface area contributed by atoms with Gasteiger partial charge < -0.3 is 14.8 Å². The summed E-state index contributed by atoms with van der Waals surface area (Å²) in [6.45, 7) is 0.326. The van der Waals surface area contributed by atoms with Gasteiger partial charge in [-0.25, -0.2) is 4.98 Å². The van der Waals surface area contributed by atoms with Crippen LogP contribution in [0.15, 0.2) is 35.6 Å². The van der Waals surface area contributed by atoms with Crippen molar-refractivity contribution < 1.29 is 23.0 Å². The van der Waals surface area contributed by atoms with Gasteiger partial charge in [-0.15, -0.1) is 0 Å². The molecule has 3 aromatic rings. The normalized spacial score (nSPS) is 11.8. The van der Waals surface area contributed by atoms with E-state index in [4.69, 9.17) is 4.74 Å². The first-order valence-corrected chi connectivity index (χ1v) is 8.26. The van der Waals surface area contributed by atoms with E-state index in [1.54, 1.807) is 25.1 Å². The highest BCUT2D eigenvalue weighted by molar-refractivity contribution is 7.98. The third kappa shape index (κ3) is 4.16. The van der Waals surface area contributed by atoms with Crippen LogP contribution in [0.5, 0.6) is 11.5 Å². The first-order valence-electron chi connectivity index (χ1n) is 7.28. The molecule has 0 fully saturated rings. The van der Waals surface area contributed by atoms with Crippen molar-refractivity contribution in [1.29, 1.82) is 0 Å². The molecule has 0 aliphatic heterocycles. The maximum atomic E-state index is 12.3. The Labute approximate surface area is 145 Å². The molecular weight excluding hydrogens is 355 g/mol. The Balaban J connectivity index is 1.73. The van der Waals surface area contributed by atoms with Crippen molar-refractivity contribution in [2.24, 2.45) is 0 Å². The number of halogens is 3. The van der Waals surface area contributed by atoms with Gasteiger partial charge in [-0.2, -0.15) is 13.2 Å². The molecule has 0 saturated carbocycles. The Morgan fingerprint density at radius 1 is 1.28 bits per heavy atom. The number of para-hydroxylation sites is 1. The van der Waals surface area contributed by atoms with Gasteiger partial charge in [0.05, 0.1) is 11.2 Å². The van der Waals surface area contributed by atoms with Crippen LogP contribution in [-0.2, 0) is 5.75 Å². The van der Waals surface area contributed by atoms with E-state index in [9.17, 15) is 18.3 Å².